The maximum Gasteiger partial charge on any atom is 0.416 e. The summed E-state index contributed by atoms with van der Waals surface area (Å²) >= 11 is 0. The van der Waals surface area contributed by atoms with Crippen molar-refractivity contribution < 1.29 is 22.8 Å². The van der Waals surface area contributed by atoms with Gasteiger partial charge in [0.15, 0.2) is 0 Å². The number of hydrogen-bond donors (Lipinski definition) is 1. The van der Waals surface area contributed by atoms with Crippen LogP contribution in [0.3, 0.4) is 0 Å². The first-order chi connectivity index (χ1) is 16.3. The summed E-state index contributed by atoms with van der Waals surface area (Å²) in [6, 6.07) is 16.8. The van der Waals surface area contributed by atoms with Crippen LogP contribution in [0.5, 0.6) is 0 Å². The van der Waals surface area contributed by atoms with Gasteiger partial charge in [0.05, 0.1) is 17.4 Å². The molecule has 2 amide bonds. The van der Waals surface area contributed by atoms with Crippen LogP contribution in [0.15, 0.2) is 72.9 Å². The van der Waals surface area contributed by atoms with Crippen LogP contribution in [-0.2, 0) is 6.18 Å². The van der Waals surface area contributed by atoms with E-state index in [1.54, 1.807) is 24.3 Å². The molecule has 0 unspecified atom stereocenters. The highest BCUT2D eigenvalue weighted by Crippen LogP contribution is 2.29. The lowest BCUT2D eigenvalue weighted by atomic mass is 10.1. The summed E-state index contributed by atoms with van der Waals surface area (Å²) < 4.78 is 38.7. The monoisotopic (exact) mass is 468 g/mol. The molecular formula is C25H23F3N4O2. The number of carbonyl (C=O) groups excluding carboxylic acids is 2. The van der Waals surface area contributed by atoms with Gasteiger partial charge in [0.25, 0.3) is 11.8 Å². The van der Waals surface area contributed by atoms with Crippen LogP contribution in [0, 0.1) is 0 Å². The van der Waals surface area contributed by atoms with Crippen molar-refractivity contribution in [3.63, 3.8) is 0 Å². The number of amides is 2. The first kappa shape index (κ1) is 23.3. The molecule has 0 radical (unpaired) electrons. The molecule has 2 heterocycles. The molecule has 6 nitrogen and oxygen atoms in total. The van der Waals surface area contributed by atoms with Gasteiger partial charge in [-0.05, 0) is 48.9 Å². The summed E-state index contributed by atoms with van der Waals surface area (Å²) in [7, 11) is 0. The third kappa shape index (κ3) is 5.54. The third-order valence-corrected chi connectivity index (χ3v) is 5.59. The zero-order chi connectivity index (χ0) is 24.1. The van der Waals surface area contributed by atoms with Crippen LogP contribution in [0.2, 0.25) is 0 Å². The first-order valence-electron chi connectivity index (χ1n) is 10.9. The van der Waals surface area contributed by atoms with E-state index < -0.39 is 17.6 Å². The highest BCUT2D eigenvalue weighted by atomic mass is 19.4. The van der Waals surface area contributed by atoms with Gasteiger partial charge in [-0.2, -0.15) is 13.2 Å². The Labute approximate surface area is 195 Å². The molecule has 0 bridgehead atoms. The Bertz CT molecular complexity index is 1150. The van der Waals surface area contributed by atoms with Gasteiger partial charge in [-0.25, -0.2) is 4.98 Å². The van der Waals surface area contributed by atoms with Crippen molar-refractivity contribution in [2.24, 2.45) is 0 Å². The average molecular weight is 468 g/mol. The number of nitrogens with one attached hydrogen (secondary N) is 1. The molecule has 1 aliphatic rings. The van der Waals surface area contributed by atoms with E-state index >= 15 is 0 Å². The normalized spacial score (nSPS) is 14.4. The SMILES string of the molecule is O=C(Nc1ccc(N2CCCN(C(=O)c3ccccc3)CC2)nc1)c1cccc(C(F)(F)F)c1. The molecule has 0 atom stereocenters. The van der Waals surface area contributed by atoms with Crippen molar-refractivity contribution in [2.45, 2.75) is 12.6 Å². The minimum Gasteiger partial charge on any atom is -0.355 e. The Morgan fingerprint density at radius 2 is 1.62 bits per heavy atom. The first-order valence-corrected chi connectivity index (χ1v) is 10.9. The number of pyridine rings is 1. The molecule has 0 saturated carbocycles. The largest absolute Gasteiger partial charge is 0.416 e. The van der Waals surface area contributed by atoms with E-state index in [9.17, 15) is 22.8 Å². The lowest BCUT2D eigenvalue weighted by Gasteiger charge is -2.23. The molecule has 1 saturated heterocycles. The maximum atomic E-state index is 12.9. The molecule has 2 aromatic carbocycles. The number of alkyl halides is 3. The number of anilines is 2. The van der Waals surface area contributed by atoms with Gasteiger partial charge in [-0.1, -0.05) is 24.3 Å². The number of carbonyl (C=O) groups is 2. The second kappa shape index (κ2) is 9.94. The molecule has 176 valence electrons. The zero-order valence-electron chi connectivity index (χ0n) is 18.3. The molecule has 4 rings (SSSR count). The number of hydrogen-bond acceptors (Lipinski definition) is 4. The van der Waals surface area contributed by atoms with Gasteiger partial charge in [-0.15, -0.1) is 0 Å². The van der Waals surface area contributed by atoms with Crippen LogP contribution in [0.25, 0.3) is 0 Å². The van der Waals surface area contributed by atoms with Crippen LogP contribution in [0.4, 0.5) is 24.7 Å². The van der Waals surface area contributed by atoms with E-state index in [0.29, 0.717) is 36.7 Å². The molecule has 1 aliphatic heterocycles. The minimum atomic E-state index is -4.52. The fourth-order valence-electron chi connectivity index (χ4n) is 3.80. The maximum absolute atomic E-state index is 12.9. The van der Waals surface area contributed by atoms with Crippen molar-refractivity contribution in [1.29, 1.82) is 0 Å². The number of benzene rings is 2. The lowest BCUT2D eigenvalue weighted by molar-refractivity contribution is -0.137. The molecule has 34 heavy (non-hydrogen) atoms. The smallest absolute Gasteiger partial charge is 0.355 e. The molecule has 0 aliphatic carbocycles. The zero-order valence-corrected chi connectivity index (χ0v) is 18.3. The molecule has 3 aromatic rings. The topological polar surface area (TPSA) is 65.5 Å². The lowest BCUT2D eigenvalue weighted by Crippen LogP contribution is -2.35. The number of rotatable bonds is 4. The van der Waals surface area contributed by atoms with E-state index in [2.05, 4.69) is 15.2 Å². The van der Waals surface area contributed by atoms with Crippen LogP contribution in [-0.4, -0.2) is 47.9 Å². The Kier molecular flexibility index (Phi) is 6.81. The van der Waals surface area contributed by atoms with Crippen molar-refractivity contribution in [2.75, 3.05) is 36.4 Å². The summed E-state index contributed by atoms with van der Waals surface area (Å²) in [5.41, 5.74) is 0.0703. The number of halogens is 3. The molecule has 0 spiro atoms. The predicted octanol–water partition coefficient (Wildman–Crippen LogP) is 4.71. The van der Waals surface area contributed by atoms with E-state index in [-0.39, 0.29) is 11.5 Å². The van der Waals surface area contributed by atoms with Gasteiger partial charge < -0.3 is 15.1 Å². The Morgan fingerprint density at radius 3 is 2.32 bits per heavy atom. The Balaban J connectivity index is 1.37. The van der Waals surface area contributed by atoms with Crippen molar-refractivity contribution in [3.05, 3.63) is 89.6 Å². The fraction of sp³-hybridized carbons (Fsp3) is 0.240. The van der Waals surface area contributed by atoms with Crippen molar-refractivity contribution >= 4 is 23.3 Å². The Morgan fingerprint density at radius 1 is 0.853 bits per heavy atom. The molecule has 1 N–H and O–H groups in total. The Hall–Kier alpha value is -3.88. The van der Waals surface area contributed by atoms with Crippen molar-refractivity contribution in [1.82, 2.24) is 9.88 Å². The third-order valence-electron chi connectivity index (χ3n) is 5.59. The van der Waals surface area contributed by atoms with Crippen LogP contribution < -0.4 is 10.2 Å². The molecule has 1 fully saturated rings. The highest BCUT2D eigenvalue weighted by Gasteiger charge is 2.31. The standard InChI is InChI=1S/C25H23F3N4O2/c26-25(27,28)20-9-4-8-19(16-20)23(33)30-21-10-11-22(29-17-21)31-12-5-13-32(15-14-31)24(34)18-6-2-1-3-7-18/h1-4,6-11,16-17H,5,12-15H2,(H,30,33). The number of nitrogens with zero attached hydrogens (tertiary/aromatic N) is 3. The van der Waals surface area contributed by atoms with E-state index in [1.807, 2.05) is 23.1 Å². The van der Waals surface area contributed by atoms with Gasteiger partial charge in [0, 0.05) is 37.3 Å². The second-order valence-corrected chi connectivity index (χ2v) is 7.94. The quantitative estimate of drug-likeness (QED) is 0.603. The summed E-state index contributed by atoms with van der Waals surface area (Å²) in [6.07, 6.45) is -2.26. The molecular weight excluding hydrogens is 445 g/mol. The molecule has 1 aromatic heterocycles. The van der Waals surface area contributed by atoms with Gasteiger partial charge in [0.1, 0.15) is 5.82 Å². The summed E-state index contributed by atoms with van der Waals surface area (Å²) in [6.45, 7) is 2.54. The predicted molar refractivity (Wildman–Crippen MR) is 123 cm³/mol. The fourth-order valence-corrected chi connectivity index (χ4v) is 3.80. The highest BCUT2D eigenvalue weighted by molar-refractivity contribution is 6.04. The number of aromatic nitrogens is 1. The van der Waals surface area contributed by atoms with Gasteiger partial charge in [0.2, 0.25) is 0 Å². The van der Waals surface area contributed by atoms with Gasteiger partial charge >= 0.3 is 6.18 Å². The van der Waals surface area contributed by atoms with Gasteiger partial charge in [-0.3, -0.25) is 9.59 Å². The van der Waals surface area contributed by atoms with Crippen LogP contribution >= 0.6 is 0 Å². The van der Waals surface area contributed by atoms with E-state index in [1.165, 1.54) is 18.3 Å². The second-order valence-electron chi connectivity index (χ2n) is 7.94. The average Bonchev–Trinajstić information content (AvgIpc) is 3.10. The minimum absolute atomic E-state index is 0.00284. The van der Waals surface area contributed by atoms with E-state index in [4.69, 9.17) is 0 Å². The van der Waals surface area contributed by atoms with E-state index in [0.717, 1.165) is 25.1 Å². The molecule has 9 heteroatoms. The summed E-state index contributed by atoms with van der Waals surface area (Å²) in [5, 5.41) is 2.58. The van der Waals surface area contributed by atoms with Crippen LogP contribution in [0.1, 0.15) is 32.7 Å². The summed E-state index contributed by atoms with van der Waals surface area (Å²) in [4.78, 5) is 33.4. The van der Waals surface area contributed by atoms with Crippen molar-refractivity contribution in [3.8, 4) is 0 Å². The summed E-state index contributed by atoms with van der Waals surface area (Å²) in [5.74, 6) is 0.0552.